The third-order valence-electron chi connectivity index (χ3n) is 4.41. The van der Waals surface area contributed by atoms with Crippen molar-refractivity contribution in [3.8, 4) is 6.07 Å². The summed E-state index contributed by atoms with van der Waals surface area (Å²) in [7, 11) is -3.61. The van der Waals surface area contributed by atoms with E-state index in [2.05, 4.69) is 0 Å². The fourth-order valence-corrected chi connectivity index (χ4v) is 4.37. The van der Waals surface area contributed by atoms with Crippen LogP contribution in [0.15, 0.2) is 40.4 Å². The van der Waals surface area contributed by atoms with Crippen molar-refractivity contribution in [1.82, 2.24) is 4.31 Å². The standard InChI is InChI=1S/C19H23N3O5S/c1-14(21)17(12-20)18(23)13-27-19(24)15-6-8-16(9-7-15)28(25,26)22-10-4-2-3-5-11-22/h6-9H,2-5,10-11,13,21H2,1H3/b17-14-. The van der Waals surface area contributed by atoms with Gasteiger partial charge >= 0.3 is 5.97 Å². The zero-order valence-corrected chi connectivity index (χ0v) is 16.5. The summed E-state index contributed by atoms with van der Waals surface area (Å²) >= 11 is 0. The predicted octanol–water partition coefficient (Wildman–Crippen LogP) is 1.73. The Morgan fingerprint density at radius 2 is 1.71 bits per heavy atom. The van der Waals surface area contributed by atoms with E-state index in [0.29, 0.717) is 13.1 Å². The zero-order valence-electron chi connectivity index (χ0n) is 15.7. The fraction of sp³-hybridized carbons (Fsp3) is 0.421. The van der Waals surface area contributed by atoms with Gasteiger partial charge in [-0.05, 0) is 44.0 Å². The van der Waals surface area contributed by atoms with Crippen molar-refractivity contribution < 1.29 is 22.7 Å². The Kier molecular flexibility index (Phi) is 7.31. The normalized spacial score (nSPS) is 16.4. The molecule has 0 saturated carbocycles. The lowest BCUT2D eigenvalue weighted by molar-refractivity contribution is -0.118. The van der Waals surface area contributed by atoms with E-state index in [1.165, 1.54) is 35.5 Å². The molecule has 1 aromatic carbocycles. The van der Waals surface area contributed by atoms with Gasteiger partial charge in [-0.2, -0.15) is 9.57 Å². The third kappa shape index (κ3) is 5.18. The molecule has 1 aromatic rings. The van der Waals surface area contributed by atoms with E-state index >= 15 is 0 Å². The first-order chi connectivity index (χ1) is 13.3. The largest absolute Gasteiger partial charge is 0.454 e. The number of Topliss-reactive ketones (excluding diaryl/α,β-unsaturated/α-hetero) is 1. The summed E-state index contributed by atoms with van der Waals surface area (Å²) in [5, 5.41) is 8.87. The average molecular weight is 405 g/mol. The smallest absolute Gasteiger partial charge is 0.338 e. The van der Waals surface area contributed by atoms with Crippen molar-refractivity contribution >= 4 is 21.8 Å². The lowest BCUT2D eigenvalue weighted by Gasteiger charge is -2.19. The Labute approximate surface area is 164 Å². The van der Waals surface area contributed by atoms with E-state index in [1.807, 2.05) is 0 Å². The second-order valence-electron chi connectivity index (χ2n) is 6.51. The number of ether oxygens (including phenoxy) is 1. The van der Waals surface area contributed by atoms with Gasteiger partial charge in [0.25, 0.3) is 0 Å². The van der Waals surface area contributed by atoms with Gasteiger partial charge in [-0.25, -0.2) is 13.2 Å². The van der Waals surface area contributed by atoms with Crippen LogP contribution < -0.4 is 5.73 Å². The van der Waals surface area contributed by atoms with Crippen molar-refractivity contribution in [2.75, 3.05) is 19.7 Å². The molecule has 0 bridgehead atoms. The van der Waals surface area contributed by atoms with Crippen LogP contribution in [0.5, 0.6) is 0 Å². The quantitative estimate of drug-likeness (QED) is 0.433. The molecule has 0 spiro atoms. The molecule has 9 heteroatoms. The molecule has 0 aromatic heterocycles. The van der Waals surface area contributed by atoms with Crippen molar-refractivity contribution in [2.24, 2.45) is 5.73 Å². The van der Waals surface area contributed by atoms with Crippen LogP contribution in [0.4, 0.5) is 0 Å². The summed E-state index contributed by atoms with van der Waals surface area (Å²) in [5.74, 6) is -1.49. The molecule has 1 saturated heterocycles. The average Bonchev–Trinajstić information content (AvgIpc) is 2.96. The third-order valence-corrected chi connectivity index (χ3v) is 6.33. The molecular formula is C19H23N3O5S. The van der Waals surface area contributed by atoms with E-state index in [9.17, 15) is 18.0 Å². The van der Waals surface area contributed by atoms with Crippen LogP contribution in [0.2, 0.25) is 0 Å². The van der Waals surface area contributed by atoms with E-state index in [4.69, 9.17) is 15.7 Å². The van der Waals surface area contributed by atoms with Gasteiger partial charge in [0.1, 0.15) is 11.6 Å². The number of rotatable bonds is 6. The number of ketones is 1. The van der Waals surface area contributed by atoms with E-state index in [-0.39, 0.29) is 21.7 Å². The van der Waals surface area contributed by atoms with Crippen LogP contribution in [0.1, 0.15) is 43.0 Å². The van der Waals surface area contributed by atoms with Crippen LogP contribution >= 0.6 is 0 Å². The lowest BCUT2D eigenvalue weighted by Crippen LogP contribution is -2.31. The van der Waals surface area contributed by atoms with Gasteiger partial charge in [-0.3, -0.25) is 4.79 Å². The molecule has 1 aliphatic rings. The highest BCUT2D eigenvalue weighted by atomic mass is 32.2. The Hall–Kier alpha value is -2.70. The van der Waals surface area contributed by atoms with Crippen molar-refractivity contribution in [1.29, 1.82) is 5.26 Å². The first kappa shape index (κ1) is 21.6. The molecule has 0 atom stereocenters. The molecule has 28 heavy (non-hydrogen) atoms. The number of nitrogens with two attached hydrogens (primary N) is 1. The van der Waals surface area contributed by atoms with Crippen LogP contribution in [0, 0.1) is 11.3 Å². The summed E-state index contributed by atoms with van der Waals surface area (Å²) in [6.07, 6.45) is 3.70. The fourth-order valence-electron chi connectivity index (χ4n) is 2.85. The number of esters is 1. The number of hydrogen-bond acceptors (Lipinski definition) is 7. The monoisotopic (exact) mass is 405 g/mol. The molecule has 150 valence electrons. The molecule has 0 radical (unpaired) electrons. The van der Waals surface area contributed by atoms with Crippen molar-refractivity contribution in [2.45, 2.75) is 37.5 Å². The van der Waals surface area contributed by atoms with Gasteiger partial charge in [0, 0.05) is 18.8 Å². The number of nitrogens with zero attached hydrogens (tertiary/aromatic N) is 2. The van der Waals surface area contributed by atoms with Gasteiger partial charge in [-0.1, -0.05) is 12.8 Å². The number of carbonyl (C=O) groups excluding carboxylic acids is 2. The second-order valence-corrected chi connectivity index (χ2v) is 8.45. The van der Waals surface area contributed by atoms with Gasteiger partial charge in [0.15, 0.2) is 6.61 Å². The van der Waals surface area contributed by atoms with Crippen LogP contribution in [-0.2, 0) is 19.6 Å². The molecule has 1 heterocycles. The van der Waals surface area contributed by atoms with Crippen molar-refractivity contribution in [3.63, 3.8) is 0 Å². The molecule has 2 rings (SSSR count). The minimum atomic E-state index is -3.61. The van der Waals surface area contributed by atoms with Crippen LogP contribution in [0.25, 0.3) is 0 Å². The van der Waals surface area contributed by atoms with Gasteiger partial charge < -0.3 is 10.5 Å². The molecule has 8 nitrogen and oxygen atoms in total. The van der Waals surface area contributed by atoms with Crippen LogP contribution in [-0.4, -0.2) is 44.2 Å². The first-order valence-corrected chi connectivity index (χ1v) is 10.4. The zero-order chi connectivity index (χ0) is 20.7. The van der Waals surface area contributed by atoms with E-state index in [1.54, 1.807) is 6.07 Å². The highest BCUT2D eigenvalue weighted by Crippen LogP contribution is 2.21. The highest BCUT2D eigenvalue weighted by molar-refractivity contribution is 7.89. The number of nitriles is 1. The summed E-state index contributed by atoms with van der Waals surface area (Å²) < 4.78 is 31.8. The summed E-state index contributed by atoms with van der Waals surface area (Å²) in [5.41, 5.74) is 5.33. The maximum absolute atomic E-state index is 12.7. The number of allylic oxidation sites excluding steroid dienone is 1. The SMILES string of the molecule is C/C(N)=C(\C#N)C(=O)COC(=O)c1ccc(S(=O)(=O)N2CCCCCC2)cc1. The van der Waals surface area contributed by atoms with Crippen molar-refractivity contribution in [3.05, 3.63) is 41.1 Å². The maximum atomic E-state index is 12.7. The number of benzene rings is 1. The molecule has 0 unspecified atom stereocenters. The Morgan fingerprint density at radius 1 is 1.14 bits per heavy atom. The summed E-state index contributed by atoms with van der Waals surface area (Å²) in [6.45, 7) is 1.76. The topological polar surface area (TPSA) is 131 Å². The highest BCUT2D eigenvalue weighted by Gasteiger charge is 2.25. The van der Waals surface area contributed by atoms with Gasteiger partial charge in [-0.15, -0.1) is 0 Å². The number of hydrogen-bond donors (Lipinski definition) is 1. The summed E-state index contributed by atoms with van der Waals surface area (Å²) in [4.78, 5) is 24.0. The molecule has 0 amide bonds. The molecule has 2 N–H and O–H groups in total. The first-order valence-electron chi connectivity index (χ1n) is 8.94. The van der Waals surface area contributed by atoms with Crippen LogP contribution in [0.3, 0.4) is 0 Å². The van der Waals surface area contributed by atoms with Gasteiger partial charge in [0.05, 0.1) is 10.5 Å². The van der Waals surface area contributed by atoms with E-state index < -0.39 is 28.4 Å². The van der Waals surface area contributed by atoms with E-state index in [0.717, 1.165) is 25.7 Å². The maximum Gasteiger partial charge on any atom is 0.338 e. The molecule has 1 aliphatic heterocycles. The second kappa shape index (κ2) is 9.48. The lowest BCUT2D eigenvalue weighted by atomic mass is 10.1. The molecule has 1 fully saturated rings. The minimum absolute atomic E-state index is 0.0478. The number of sulfonamides is 1. The molecular weight excluding hydrogens is 382 g/mol. The summed E-state index contributed by atoms with van der Waals surface area (Å²) in [6, 6.07) is 7.05. The Bertz CT molecular complexity index is 902. The Morgan fingerprint density at radius 3 is 2.21 bits per heavy atom. The predicted molar refractivity (Wildman–Crippen MR) is 101 cm³/mol. The molecule has 0 aliphatic carbocycles. The van der Waals surface area contributed by atoms with Gasteiger partial charge in [0.2, 0.25) is 15.8 Å². The number of carbonyl (C=O) groups is 2. The Balaban J connectivity index is 2.05. The minimum Gasteiger partial charge on any atom is -0.454 e.